The van der Waals surface area contributed by atoms with Gasteiger partial charge in [-0.15, -0.1) is 0 Å². The third kappa shape index (κ3) is 4.84. The van der Waals surface area contributed by atoms with Gasteiger partial charge in [-0.2, -0.15) is 0 Å². The molecule has 2 rings (SSSR count). The molecule has 0 aliphatic rings. The Labute approximate surface area is 131 Å². The van der Waals surface area contributed by atoms with Gasteiger partial charge < -0.3 is 10.6 Å². The Hall–Kier alpha value is -2.43. The molecule has 2 N–H and O–H groups in total. The largest absolute Gasteiger partial charge is 0.338 e. The number of rotatable bonds is 5. The van der Waals surface area contributed by atoms with Gasteiger partial charge in [0.05, 0.1) is 0 Å². The van der Waals surface area contributed by atoms with Crippen LogP contribution in [-0.4, -0.2) is 22.5 Å². The summed E-state index contributed by atoms with van der Waals surface area (Å²) in [7, 11) is 0. The predicted molar refractivity (Wildman–Crippen MR) is 88.7 cm³/mol. The second kappa shape index (κ2) is 7.54. The van der Waals surface area contributed by atoms with Crippen molar-refractivity contribution in [3.8, 4) is 11.4 Å². The zero-order chi connectivity index (χ0) is 15.9. The average Bonchev–Trinajstić information content (AvgIpc) is 2.47. The molecule has 22 heavy (non-hydrogen) atoms. The Kier molecular flexibility index (Phi) is 5.47. The molecular formula is C17H22N4O. The molecule has 116 valence electrons. The van der Waals surface area contributed by atoms with Crippen molar-refractivity contribution in [2.24, 2.45) is 5.92 Å². The van der Waals surface area contributed by atoms with E-state index in [-0.39, 0.29) is 6.03 Å². The highest BCUT2D eigenvalue weighted by Crippen LogP contribution is 2.17. The molecule has 0 saturated carbocycles. The number of aromatic nitrogens is 2. The van der Waals surface area contributed by atoms with Gasteiger partial charge in [0.1, 0.15) is 0 Å². The van der Waals surface area contributed by atoms with Crippen molar-refractivity contribution in [3.63, 3.8) is 0 Å². The Morgan fingerprint density at radius 1 is 1.18 bits per heavy atom. The fraction of sp³-hybridized carbons (Fsp3) is 0.353. The summed E-state index contributed by atoms with van der Waals surface area (Å²) in [5.74, 6) is 1.27. The first-order chi connectivity index (χ1) is 10.5. The molecule has 1 heterocycles. The van der Waals surface area contributed by atoms with Crippen molar-refractivity contribution in [1.29, 1.82) is 0 Å². The number of anilines is 1. The van der Waals surface area contributed by atoms with E-state index in [0.717, 1.165) is 23.4 Å². The number of hydrogen-bond donors (Lipinski definition) is 2. The Balaban J connectivity index is 1.93. The first kappa shape index (κ1) is 15.9. The molecule has 0 aliphatic heterocycles. The van der Waals surface area contributed by atoms with Crippen molar-refractivity contribution in [3.05, 3.63) is 42.2 Å². The van der Waals surface area contributed by atoms with Gasteiger partial charge in [-0.3, -0.25) is 0 Å². The number of hydrogen-bond acceptors (Lipinski definition) is 3. The van der Waals surface area contributed by atoms with Gasteiger partial charge in [0.25, 0.3) is 0 Å². The van der Waals surface area contributed by atoms with Gasteiger partial charge in [-0.05, 0) is 49.6 Å². The smallest absolute Gasteiger partial charge is 0.319 e. The van der Waals surface area contributed by atoms with E-state index in [2.05, 4.69) is 34.4 Å². The lowest BCUT2D eigenvalue weighted by Crippen LogP contribution is -2.30. The molecule has 0 saturated heterocycles. The molecule has 0 unspecified atom stereocenters. The number of nitrogens with one attached hydrogen (secondary N) is 2. The summed E-state index contributed by atoms with van der Waals surface area (Å²) in [6, 6.07) is 9.18. The topological polar surface area (TPSA) is 66.9 Å². The van der Waals surface area contributed by atoms with Crippen LogP contribution in [0.2, 0.25) is 0 Å². The van der Waals surface area contributed by atoms with E-state index in [9.17, 15) is 4.79 Å². The molecule has 1 aromatic carbocycles. The van der Waals surface area contributed by atoms with Gasteiger partial charge in [-0.25, -0.2) is 14.8 Å². The second-order valence-electron chi connectivity index (χ2n) is 5.66. The SMILES string of the molecule is Cc1ccnc(-c2ccc(NC(=O)NCCC(C)C)cc2)n1. The summed E-state index contributed by atoms with van der Waals surface area (Å²) in [4.78, 5) is 20.4. The highest BCUT2D eigenvalue weighted by atomic mass is 16.2. The maximum absolute atomic E-state index is 11.7. The van der Waals surface area contributed by atoms with E-state index < -0.39 is 0 Å². The zero-order valence-electron chi connectivity index (χ0n) is 13.3. The highest BCUT2D eigenvalue weighted by molar-refractivity contribution is 5.89. The molecule has 0 radical (unpaired) electrons. The molecular weight excluding hydrogens is 276 g/mol. The van der Waals surface area contributed by atoms with Crippen LogP contribution in [0.25, 0.3) is 11.4 Å². The highest BCUT2D eigenvalue weighted by Gasteiger charge is 2.04. The second-order valence-corrected chi connectivity index (χ2v) is 5.66. The number of aryl methyl sites for hydroxylation is 1. The molecule has 0 atom stereocenters. The van der Waals surface area contributed by atoms with Crippen LogP contribution in [0.15, 0.2) is 36.5 Å². The van der Waals surface area contributed by atoms with E-state index in [0.29, 0.717) is 18.3 Å². The number of nitrogens with zero attached hydrogens (tertiary/aromatic N) is 2. The predicted octanol–water partition coefficient (Wildman–Crippen LogP) is 3.62. The lowest BCUT2D eigenvalue weighted by Gasteiger charge is -2.09. The van der Waals surface area contributed by atoms with Crippen LogP contribution in [0.1, 0.15) is 26.0 Å². The Morgan fingerprint density at radius 3 is 2.55 bits per heavy atom. The Bertz CT molecular complexity index is 623. The molecule has 2 aromatic rings. The fourth-order valence-electron chi connectivity index (χ4n) is 1.94. The van der Waals surface area contributed by atoms with Crippen molar-refractivity contribution in [2.45, 2.75) is 27.2 Å². The normalized spacial score (nSPS) is 10.5. The van der Waals surface area contributed by atoms with Crippen LogP contribution < -0.4 is 10.6 Å². The van der Waals surface area contributed by atoms with Gasteiger partial charge in [0.15, 0.2) is 5.82 Å². The number of carbonyl (C=O) groups is 1. The zero-order valence-corrected chi connectivity index (χ0v) is 13.3. The van der Waals surface area contributed by atoms with Gasteiger partial charge in [0, 0.05) is 29.7 Å². The van der Waals surface area contributed by atoms with E-state index in [1.807, 2.05) is 37.3 Å². The lowest BCUT2D eigenvalue weighted by atomic mass is 10.1. The summed E-state index contributed by atoms with van der Waals surface area (Å²) < 4.78 is 0. The first-order valence-electron chi connectivity index (χ1n) is 7.49. The molecule has 0 bridgehead atoms. The molecule has 5 heteroatoms. The van der Waals surface area contributed by atoms with Crippen molar-refractivity contribution < 1.29 is 4.79 Å². The first-order valence-corrected chi connectivity index (χ1v) is 7.49. The number of urea groups is 1. The van der Waals surface area contributed by atoms with Crippen LogP contribution in [0.3, 0.4) is 0 Å². The summed E-state index contributed by atoms with van der Waals surface area (Å²) >= 11 is 0. The van der Waals surface area contributed by atoms with Crippen molar-refractivity contribution in [1.82, 2.24) is 15.3 Å². The molecule has 2 amide bonds. The number of amides is 2. The fourth-order valence-corrected chi connectivity index (χ4v) is 1.94. The third-order valence-corrected chi connectivity index (χ3v) is 3.20. The van der Waals surface area contributed by atoms with Crippen molar-refractivity contribution in [2.75, 3.05) is 11.9 Å². The van der Waals surface area contributed by atoms with E-state index in [4.69, 9.17) is 0 Å². The summed E-state index contributed by atoms with van der Waals surface area (Å²) in [5, 5.41) is 5.66. The standard InChI is InChI=1S/C17H22N4O/c1-12(2)8-10-19-17(22)21-15-6-4-14(5-7-15)16-18-11-9-13(3)20-16/h4-7,9,11-12H,8,10H2,1-3H3,(H2,19,21,22). The van der Waals surface area contributed by atoms with Gasteiger partial charge >= 0.3 is 6.03 Å². The van der Waals surface area contributed by atoms with Crippen LogP contribution in [0.5, 0.6) is 0 Å². The maximum atomic E-state index is 11.7. The summed E-state index contributed by atoms with van der Waals surface area (Å²) in [5.41, 5.74) is 2.60. The van der Waals surface area contributed by atoms with E-state index in [1.165, 1.54) is 0 Å². The van der Waals surface area contributed by atoms with E-state index >= 15 is 0 Å². The maximum Gasteiger partial charge on any atom is 0.319 e. The van der Waals surface area contributed by atoms with E-state index in [1.54, 1.807) is 6.20 Å². The van der Waals surface area contributed by atoms with Crippen LogP contribution >= 0.6 is 0 Å². The van der Waals surface area contributed by atoms with Crippen LogP contribution in [0.4, 0.5) is 10.5 Å². The number of carbonyl (C=O) groups excluding carboxylic acids is 1. The Morgan fingerprint density at radius 2 is 1.91 bits per heavy atom. The van der Waals surface area contributed by atoms with Gasteiger partial charge in [0.2, 0.25) is 0 Å². The van der Waals surface area contributed by atoms with Crippen molar-refractivity contribution >= 4 is 11.7 Å². The summed E-state index contributed by atoms with van der Waals surface area (Å²) in [6.45, 7) is 6.87. The minimum Gasteiger partial charge on any atom is -0.338 e. The van der Waals surface area contributed by atoms with Crippen LogP contribution in [-0.2, 0) is 0 Å². The molecule has 1 aromatic heterocycles. The molecule has 5 nitrogen and oxygen atoms in total. The average molecular weight is 298 g/mol. The summed E-state index contributed by atoms with van der Waals surface area (Å²) in [6.07, 6.45) is 2.71. The molecule has 0 spiro atoms. The minimum absolute atomic E-state index is 0.180. The minimum atomic E-state index is -0.180. The quantitative estimate of drug-likeness (QED) is 0.886. The third-order valence-electron chi connectivity index (χ3n) is 3.20. The van der Waals surface area contributed by atoms with Crippen LogP contribution in [0, 0.1) is 12.8 Å². The molecule has 0 fully saturated rings. The lowest BCUT2D eigenvalue weighted by molar-refractivity contribution is 0.251. The molecule has 0 aliphatic carbocycles. The monoisotopic (exact) mass is 298 g/mol. The number of benzene rings is 1. The van der Waals surface area contributed by atoms with Gasteiger partial charge in [-0.1, -0.05) is 13.8 Å².